The number of carbonyl (C=O) groups excluding carboxylic acids is 3. The summed E-state index contributed by atoms with van der Waals surface area (Å²) in [5.74, 6) is -2.02. The average Bonchev–Trinajstić information content (AvgIpc) is 3.08. The summed E-state index contributed by atoms with van der Waals surface area (Å²) in [6.45, 7) is 8.65. The molecule has 27 heavy (non-hydrogen) atoms. The molecule has 7 heteroatoms. The van der Waals surface area contributed by atoms with Crippen LogP contribution in [-0.2, 0) is 28.6 Å². The van der Waals surface area contributed by atoms with Crippen molar-refractivity contribution in [3.05, 3.63) is 35.6 Å². The minimum absolute atomic E-state index is 0.0530. The number of hydrogen-bond donors (Lipinski definition) is 1. The minimum atomic E-state index is -1.26. The van der Waals surface area contributed by atoms with Crippen molar-refractivity contribution in [1.29, 1.82) is 0 Å². The predicted molar refractivity (Wildman–Crippen MR) is 94.2 cm³/mol. The Morgan fingerprint density at radius 3 is 2.81 bits per heavy atom. The van der Waals surface area contributed by atoms with Gasteiger partial charge in [0.05, 0.1) is 18.4 Å². The van der Waals surface area contributed by atoms with Gasteiger partial charge < -0.3 is 19.3 Å². The molecule has 0 spiro atoms. The van der Waals surface area contributed by atoms with Gasteiger partial charge >= 0.3 is 11.9 Å². The molecule has 0 aromatic heterocycles. The highest BCUT2D eigenvalue weighted by atomic mass is 16.6. The van der Waals surface area contributed by atoms with Crippen LogP contribution < -0.4 is 0 Å². The van der Waals surface area contributed by atoms with E-state index in [-0.39, 0.29) is 36.1 Å². The summed E-state index contributed by atoms with van der Waals surface area (Å²) in [5.41, 5.74) is -0.734. The lowest BCUT2D eigenvalue weighted by Crippen LogP contribution is -2.43. The zero-order chi connectivity index (χ0) is 19.9. The van der Waals surface area contributed by atoms with Crippen molar-refractivity contribution < 1.29 is 33.7 Å². The summed E-state index contributed by atoms with van der Waals surface area (Å²) >= 11 is 0. The molecule has 1 N–H and O–H groups in total. The summed E-state index contributed by atoms with van der Waals surface area (Å²) in [6.07, 6.45) is 1.93. The molecule has 5 atom stereocenters. The molecular weight excluding hydrogens is 352 g/mol. The second kappa shape index (κ2) is 6.96. The van der Waals surface area contributed by atoms with Crippen molar-refractivity contribution in [2.75, 3.05) is 6.61 Å². The van der Waals surface area contributed by atoms with Gasteiger partial charge in [-0.3, -0.25) is 9.59 Å². The van der Waals surface area contributed by atoms with Crippen LogP contribution in [0.5, 0.6) is 0 Å². The number of carbonyl (C=O) groups is 3. The molecule has 0 amide bonds. The Morgan fingerprint density at radius 2 is 2.19 bits per heavy atom. The first kappa shape index (κ1) is 19.4. The lowest BCUT2D eigenvalue weighted by Gasteiger charge is -2.32. The molecular formula is C20H24O7. The molecule has 3 heterocycles. The van der Waals surface area contributed by atoms with E-state index in [2.05, 4.69) is 6.58 Å². The zero-order valence-electron chi connectivity index (χ0n) is 15.7. The van der Waals surface area contributed by atoms with Crippen LogP contribution in [0.1, 0.15) is 33.6 Å². The molecule has 1 fully saturated rings. The summed E-state index contributed by atoms with van der Waals surface area (Å²) in [4.78, 5) is 37.1. The lowest BCUT2D eigenvalue weighted by atomic mass is 9.82. The van der Waals surface area contributed by atoms with Gasteiger partial charge in [0.2, 0.25) is 5.78 Å². The van der Waals surface area contributed by atoms with E-state index >= 15 is 0 Å². The smallest absolute Gasteiger partial charge is 0.334 e. The van der Waals surface area contributed by atoms with Gasteiger partial charge in [-0.2, -0.15) is 0 Å². The third-order valence-electron chi connectivity index (χ3n) is 5.51. The summed E-state index contributed by atoms with van der Waals surface area (Å²) in [5, 5.41) is 9.71. The van der Waals surface area contributed by atoms with Crippen molar-refractivity contribution in [2.45, 2.75) is 51.4 Å². The molecule has 3 aliphatic heterocycles. The molecule has 0 saturated carbocycles. The van der Waals surface area contributed by atoms with Gasteiger partial charge in [-0.1, -0.05) is 20.4 Å². The molecule has 3 aliphatic rings. The number of aliphatic hydroxyl groups is 1. The van der Waals surface area contributed by atoms with Gasteiger partial charge in [0.25, 0.3) is 0 Å². The first-order valence-electron chi connectivity index (χ1n) is 9.07. The van der Waals surface area contributed by atoms with E-state index in [1.807, 2.05) is 6.92 Å². The van der Waals surface area contributed by atoms with Gasteiger partial charge in [0.15, 0.2) is 5.60 Å². The Morgan fingerprint density at radius 1 is 1.48 bits per heavy atom. The van der Waals surface area contributed by atoms with Crippen LogP contribution in [0.3, 0.4) is 0 Å². The molecule has 2 bridgehead atoms. The van der Waals surface area contributed by atoms with Gasteiger partial charge in [-0.05, 0) is 19.4 Å². The number of rotatable bonds is 4. The van der Waals surface area contributed by atoms with Gasteiger partial charge in [0, 0.05) is 23.6 Å². The lowest BCUT2D eigenvalue weighted by molar-refractivity contribution is -0.161. The SMILES string of the molecule is C=C1C(=O)O[C@H]2/C=C(/CO)C3=CC(=O)[C@@](C)(C[C@@H](OC(=O)[C@H](C)CC)[C@@H]12)O3. The topological polar surface area (TPSA) is 99.1 Å². The third-order valence-corrected chi connectivity index (χ3v) is 5.51. The standard InChI is InChI=1S/C20H24O7/c1-5-10(2)18(23)26-15-8-20(4)16(22)7-13(27-20)12(9-21)6-14-17(15)11(3)19(24)25-14/h6-7,10,14-15,17,21H,3,5,8-9H2,1-2,4H3/b12-6-/t10-,14+,15-,17+,20-/m1/s1. The van der Waals surface area contributed by atoms with E-state index in [4.69, 9.17) is 14.2 Å². The van der Waals surface area contributed by atoms with E-state index in [0.29, 0.717) is 12.0 Å². The fourth-order valence-electron chi connectivity index (χ4n) is 3.54. The van der Waals surface area contributed by atoms with E-state index < -0.39 is 35.7 Å². The van der Waals surface area contributed by atoms with Crippen molar-refractivity contribution in [2.24, 2.45) is 11.8 Å². The highest BCUT2D eigenvalue weighted by molar-refractivity contribution is 6.00. The number of hydrogen-bond acceptors (Lipinski definition) is 7. The maximum atomic E-state index is 12.5. The Labute approximate surface area is 157 Å². The van der Waals surface area contributed by atoms with Crippen LogP contribution >= 0.6 is 0 Å². The summed E-state index contributed by atoms with van der Waals surface area (Å²) in [6, 6.07) is 0. The van der Waals surface area contributed by atoms with E-state index in [1.54, 1.807) is 19.9 Å². The molecule has 1 saturated heterocycles. The van der Waals surface area contributed by atoms with Crippen LogP contribution in [0, 0.1) is 11.8 Å². The summed E-state index contributed by atoms with van der Waals surface area (Å²) in [7, 11) is 0. The van der Waals surface area contributed by atoms with Gasteiger partial charge in [-0.25, -0.2) is 4.79 Å². The predicted octanol–water partition coefficient (Wildman–Crippen LogP) is 1.61. The van der Waals surface area contributed by atoms with Crippen LogP contribution in [0.15, 0.2) is 35.6 Å². The highest BCUT2D eigenvalue weighted by Crippen LogP contribution is 2.42. The largest absolute Gasteiger partial charge is 0.479 e. The van der Waals surface area contributed by atoms with E-state index in [0.717, 1.165) is 0 Å². The fourth-order valence-corrected chi connectivity index (χ4v) is 3.54. The second-order valence-electron chi connectivity index (χ2n) is 7.47. The summed E-state index contributed by atoms with van der Waals surface area (Å²) < 4.78 is 16.9. The molecule has 0 aromatic rings. The fraction of sp³-hybridized carbons (Fsp3) is 0.550. The van der Waals surface area contributed by atoms with Crippen molar-refractivity contribution in [1.82, 2.24) is 0 Å². The minimum Gasteiger partial charge on any atom is -0.479 e. The first-order valence-corrected chi connectivity index (χ1v) is 9.07. The first-order chi connectivity index (χ1) is 12.7. The highest BCUT2D eigenvalue weighted by Gasteiger charge is 2.52. The molecule has 3 rings (SSSR count). The second-order valence-corrected chi connectivity index (χ2v) is 7.47. The molecule has 0 aromatic carbocycles. The molecule has 0 unspecified atom stereocenters. The average molecular weight is 376 g/mol. The van der Waals surface area contributed by atoms with Crippen LogP contribution in [0.4, 0.5) is 0 Å². The number of aliphatic hydroxyl groups excluding tert-OH is 1. The van der Waals surface area contributed by atoms with Crippen molar-refractivity contribution in [3.8, 4) is 0 Å². The maximum Gasteiger partial charge on any atom is 0.334 e. The normalized spacial score (nSPS) is 35.6. The van der Waals surface area contributed by atoms with Crippen molar-refractivity contribution in [3.63, 3.8) is 0 Å². The van der Waals surface area contributed by atoms with Gasteiger partial charge in [0.1, 0.15) is 18.0 Å². The zero-order valence-corrected chi connectivity index (χ0v) is 15.7. The number of ether oxygens (including phenoxy) is 3. The monoisotopic (exact) mass is 376 g/mol. The van der Waals surface area contributed by atoms with Crippen LogP contribution in [0.2, 0.25) is 0 Å². The Kier molecular flexibility index (Phi) is 4.99. The van der Waals surface area contributed by atoms with Crippen molar-refractivity contribution >= 4 is 17.7 Å². The van der Waals surface area contributed by atoms with Crippen LogP contribution in [0.25, 0.3) is 0 Å². The maximum absolute atomic E-state index is 12.5. The Hall–Kier alpha value is -2.41. The van der Waals surface area contributed by atoms with Crippen LogP contribution in [-0.4, -0.2) is 47.2 Å². The number of ketones is 1. The number of fused-ring (bicyclic) bond motifs is 3. The molecule has 146 valence electrons. The van der Waals surface area contributed by atoms with Gasteiger partial charge in [-0.15, -0.1) is 0 Å². The molecule has 7 nitrogen and oxygen atoms in total. The number of esters is 2. The molecule has 0 aliphatic carbocycles. The Balaban J connectivity index is 2.05. The Bertz CT molecular complexity index is 762. The quantitative estimate of drug-likeness (QED) is 0.588. The van der Waals surface area contributed by atoms with E-state index in [1.165, 1.54) is 6.08 Å². The van der Waals surface area contributed by atoms with E-state index in [9.17, 15) is 19.5 Å². The molecule has 0 radical (unpaired) electrons. The third kappa shape index (κ3) is 3.32.